The van der Waals surface area contributed by atoms with Gasteiger partial charge in [0.25, 0.3) is 0 Å². The first-order valence-corrected chi connectivity index (χ1v) is 10.8. The van der Waals surface area contributed by atoms with Gasteiger partial charge < -0.3 is 24.2 Å². The van der Waals surface area contributed by atoms with Crippen LogP contribution < -0.4 is 15.1 Å². The average Bonchev–Trinajstić information content (AvgIpc) is 3.48. The fraction of sp³-hybridized carbons (Fsp3) is 0.500. The van der Waals surface area contributed by atoms with Crippen LogP contribution in [0.15, 0.2) is 17.1 Å². The first-order chi connectivity index (χ1) is 15.3. The molecule has 0 spiro atoms. The third-order valence-electron chi connectivity index (χ3n) is 6.79. The summed E-state index contributed by atoms with van der Waals surface area (Å²) >= 11 is 0. The molecule has 0 bridgehead atoms. The molecular formula is C22H23F2N3O5. The maximum atomic E-state index is 15.9. The number of carbonyl (C=O) groups is 2. The lowest BCUT2D eigenvalue weighted by Gasteiger charge is -2.36. The van der Waals surface area contributed by atoms with Gasteiger partial charge >= 0.3 is 6.16 Å². The largest absolute Gasteiger partial charge is 0.511 e. The Kier molecular flexibility index (Phi) is 4.83. The monoisotopic (exact) mass is 447 g/mol. The van der Waals surface area contributed by atoms with Crippen molar-refractivity contribution in [2.24, 2.45) is 5.92 Å². The van der Waals surface area contributed by atoms with Crippen molar-refractivity contribution in [1.29, 1.82) is 0 Å². The van der Waals surface area contributed by atoms with Gasteiger partial charge in [-0.2, -0.15) is 0 Å². The number of fused-ring (bicyclic) bond motifs is 2. The molecule has 32 heavy (non-hydrogen) atoms. The third kappa shape index (κ3) is 3.28. The number of hydrogen-bond acceptors (Lipinski definition) is 5. The molecule has 2 aromatic rings. The van der Waals surface area contributed by atoms with Crippen molar-refractivity contribution in [3.63, 3.8) is 0 Å². The smallest absolute Gasteiger partial charge is 0.449 e. The Bertz CT molecular complexity index is 1190. The summed E-state index contributed by atoms with van der Waals surface area (Å²) in [6, 6.07) is 0.748. The minimum atomic E-state index is -1.67. The van der Waals surface area contributed by atoms with E-state index in [-0.39, 0.29) is 40.5 Å². The number of pyridine rings is 1. The highest BCUT2D eigenvalue weighted by Crippen LogP contribution is 2.42. The van der Waals surface area contributed by atoms with Gasteiger partial charge in [-0.05, 0) is 37.7 Å². The number of aromatic nitrogens is 1. The van der Waals surface area contributed by atoms with Gasteiger partial charge in [-0.15, -0.1) is 0 Å². The Labute approximate surface area is 182 Å². The second-order valence-corrected chi connectivity index (χ2v) is 8.83. The molecule has 3 fully saturated rings. The Hall–Kier alpha value is -3.17. The topological polar surface area (TPSA) is 92.1 Å². The number of carbonyl (C=O) groups excluding carboxylic acids is 1. The maximum Gasteiger partial charge on any atom is 0.511 e. The SMILES string of the molecule is CC(=O)N1CCCC2CN(c3c(F)cc4c(=O)c(OC(=O)O)cn(C5CC5)c4c3F)CC21. The first-order valence-electron chi connectivity index (χ1n) is 10.8. The highest BCUT2D eigenvalue weighted by molar-refractivity contribution is 5.86. The molecule has 2 saturated heterocycles. The molecule has 0 radical (unpaired) electrons. The number of amides is 1. The zero-order chi connectivity index (χ0) is 22.7. The second kappa shape index (κ2) is 7.46. The third-order valence-corrected chi connectivity index (χ3v) is 6.79. The van der Waals surface area contributed by atoms with E-state index in [4.69, 9.17) is 5.11 Å². The van der Waals surface area contributed by atoms with E-state index >= 15 is 8.78 Å². The Balaban J connectivity index is 1.63. The van der Waals surface area contributed by atoms with Crippen molar-refractivity contribution in [2.75, 3.05) is 24.5 Å². The van der Waals surface area contributed by atoms with Crippen molar-refractivity contribution < 1.29 is 28.2 Å². The lowest BCUT2D eigenvalue weighted by molar-refractivity contribution is -0.132. The van der Waals surface area contributed by atoms with Crippen LogP contribution in [-0.2, 0) is 4.79 Å². The second-order valence-electron chi connectivity index (χ2n) is 8.83. The van der Waals surface area contributed by atoms with Gasteiger partial charge in [0.05, 0.1) is 23.1 Å². The van der Waals surface area contributed by atoms with Crippen LogP contribution in [0.3, 0.4) is 0 Å². The Morgan fingerprint density at radius 1 is 1.19 bits per heavy atom. The zero-order valence-electron chi connectivity index (χ0n) is 17.5. The van der Waals surface area contributed by atoms with Gasteiger partial charge in [-0.1, -0.05) is 0 Å². The fourth-order valence-electron chi connectivity index (χ4n) is 5.26. The summed E-state index contributed by atoms with van der Waals surface area (Å²) < 4.78 is 37.1. The molecule has 8 nitrogen and oxygen atoms in total. The van der Waals surface area contributed by atoms with E-state index in [9.17, 15) is 14.4 Å². The maximum absolute atomic E-state index is 15.9. The summed E-state index contributed by atoms with van der Waals surface area (Å²) in [5.41, 5.74) is -1.14. The van der Waals surface area contributed by atoms with Crippen LogP contribution in [0.1, 0.15) is 38.6 Å². The van der Waals surface area contributed by atoms with E-state index in [1.807, 2.05) is 0 Å². The molecule has 3 aliphatic rings. The molecule has 1 aliphatic carbocycles. The number of hydrogen-bond donors (Lipinski definition) is 1. The van der Waals surface area contributed by atoms with Crippen LogP contribution in [-0.4, -0.2) is 52.3 Å². The molecule has 170 valence electrons. The van der Waals surface area contributed by atoms with Crippen molar-refractivity contribution in [3.8, 4) is 5.75 Å². The number of halogens is 2. The molecule has 2 aliphatic heterocycles. The number of anilines is 1. The van der Waals surface area contributed by atoms with Gasteiger partial charge in [-0.25, -0.2) is 13.6 Å². The standard InChI is InChI=1S/C22H23F2N3O5/c1-11(28)26-6-2-3-12-8-25(9-16(12)26)20-15(23)7-14-19(18(20)24)27(13-4-5-13)10-17(21(14)29)32-22(30)31/h7,10,12-13,16H,2-6,8-9H2,1H3,(H,30,31). The van der Waals surface area contributed by atoms with E-state index in [2.05, 4.69) is 4.74 Å². The highest BCUT2D eigenvalue weighted by atomic mass is 19.1. The molecular weight excluding hydrogens is 424 g/mol. The summed E-state index contributed by atoms with van der Waals surface area (Å²) in [7, 11) is 0. The first kappa shape index (κ1) is 20.7. The van der Waals surface area contributed by atoms with Gasteiger partial charge in [-0.3, -0.25) is 9.59 Å². The molecule has 5 rings (SSSR count). The Morgan fingerprint density at radius 2 is 1.94 bits per heavy atom. The number of ether oxygens (including phenoxy) is 1. The average molecular weight is 447 g/mol. The number of nitrogens with zero attached hydrogens (tertiary/aromatic N) is 3. The van der Waals surface area contributed by atoms with Gasteiger partial charge in [0, 0.05) is 32.6 Å². The van der Waals surface area contributed by atoms with Crippen LogP contribution in [0.5, 0.6) is 5.75 Å². The number of likely N-dealkylation sites (tertiary alicyclic amines) is 1. The summed E-state index contributed by atoms with van der Waals surface area (Å²) in [5.74, 6) is -2.14. The molecule has 10 heteroatoms. The predicted molar refractivity (Wildman–Crippen MR) is 111 cm³/mol. The highest BCUT2D eigenvalue weighted by Gasteiger charge is 2.42. The zero-order valence-corrected chi connectivity index (χ0v) is 17.5. The molecule has 3 heterocycles. The number of rotatable bonds is 3. The minimum absolute atomic E-state index is 0.0467. The molecule has 2 atom stereocenters. The summed E-state index contributed by atoms with van der Waals surface area (Å²) in [5, 5.41) is 8.66. The molecule has 1 aromatic heterocycles. The summed E-state index contributed by atoms with van der Waals surface area (Å²) in [4.78, 5) is 39.1. The van der Waals surface area contributed by atoms with E-state index < -0.39 is 29.0 Å². The predicted octanol–water partition coefficient (Wildman–Crippen LogP) is 3.12. The lowest BCUT2D eigenvalue weighted by Crippen LogP contribution is -2.47. The number of benzene rings is 1. The van der Waals surface area contributed by atoms with Gasteiger partial charge in [0.2, 0.25) is 11.3 Å². The van der Waals surface area contributed by atoms with Crippen LogP contribution in [0.2, 0.25) is 0 Å². The van der Waals surface area contributed by atoms with Crippen LogP contribution in [0, 0.1) is 17.6 Å². The van der Waals surface area contributed by atoms with Crippen LogP contribution in [0.4, 0.5) is 19.3 Å². The van der Waals surface area contributed by atoms with Crippen LogP contribution >= 0.6 is 0 Å². The van der Waals surface area contributed by atoms with Gasteiger partial charge in [0.15, 0.2) is 11.6 Å². The number of carboxylic acid groups (broad SMARTS) is 1. The fourth-order valence-corrected chi connectivity index (χ4v) is 5.26. The Morgan fingerprint density at radius 3 is 2.59 bits per heavy atom. The number of piperidine rings is 1. The normalized spacial score (nSPS) is 22.8. The van der Waals surface area contributed by atoms with Crippen molar-refractivity contribution in [3.05, 3.63) is 34.1 Å². The summed E-state index contributed by atoms with van der Waals surface area (Å²) in [6.07, 6.45) is 2.73. The molecule has 1 saturated carbocycles. The van der Waals surface area contributed by atoms with E-state index in [0.717, 1.165) is 31.7 Å². The van der Waals surface area contributed by atoms with Gasteiger partial charge in [0.1, 0.15) is 11.5 Å². The summed E-state index contributed by atoms with van der Waals surface area (Å²) in [6.45, 7) is 2.88. The van der Waals surface area contributed by atoms with Crippen LogP contribution in [0.25, 0.3) is 10.9 Å². The van der Waals surface area contributed by atoms with Crippen molar-refractivity contribution in [2.45, 2.75) is 44.7 Å². The van der Waals surface area contributed by atoms with E-state index in [1.165, 1.54) is 17.7 Å². The quantitative estimate of drug-likeness (QED) is 0.727. The molecule has 2 unspecified atom stereocenters. The minimum Gasteiger partial charge on any atom is -0.449 e. The molecule has 1 N–H and O–H groups in total. The van der Waals surface area contributed by atoms with E-state index in [0.29, 0.717) is 19.6 Å². The molecule has 1 aromatic carbocycles. The lowest BCUT2D eigenvalue weighted by atomic mass is 9.92. The van der Waals surface area contributed by atoms with E-state index in [1.54, 1.807) is 9.80 Å². The van der Waals surface area contributed by atoms with Crippen molar-refractivity contribution >= 4 is 28.7 Å². The molecule has 1 amide bonds. The van der Waals surface area contributed by atoms with Crippen molar-refractivity contribution in [1.82, 2.24) is 9.47 Å².